The molecule has 1 aliphatic rings. The number of aliphatic carboxylic acids is 1. The molecule has 1 aromatic rings. The summed E-state index contributed by atoms with van der Waals surface area (Å²) in [6.45, 7) is 3.02. The van der Waals surface area contributed by atoms with Gasteiger partial charge >= 0.3 is 5.97 Å². The Kier molecular flexibility index (Phi) is 4.80. The molecular weight excluding hydrogens is 240 g/mol. The van der Waals surface area contributed by atoms with Crippen LogP contribution in [0, 0.1) is 0 Å². The lowest BCUT2D eigenvalue weighted by Gasteiger charge is -2.29. The molecule has 1 N–H and O–H groups in total. The average Bonchev–Trinajstić information content (AvgIpc) is 2.39. The van der Waals surface area contributed by atoms with Crippen LogP contribution < -0.4 is 4.90 Å². The highest BCUT2D eigenvalue weighted by Crippen LogP contribution is 2.21. The number of benzene rings is 1. The smallest absolute Gasteiger partial charge is 0.317 e. The van der Waals surface area contributed by atoms with Gasteiger partial charge in [0.25, 0.3) is 0 Å². The van der Waals surface area contributed by atoms with E-state index in [1.807, 2.05) is 11.9 Å². The molecule has 0 spiro atoms. The average molecular weight is 262 g/mol. The molecule has 0 saturated carbocycles. The Bertz CT molecular complexity index is 428. The van der Waals surface area contributed by atoms with E-state index in [9.17, 15) is 4.79 Å². The number of carboxylic acid groups (broad SMARTS) is 1. The van der Waals surface area contributed by atoms with E-state index in [1.165, 1.54) is 30.5 Å². The zero-order valence-corrected chi connectivity index (χ0v) is 11.5. The second-order valence-electron chi connectivity index (χ2n) is 5.28. The van der Waals surface area contributed by atoms with Crippen molar-refractivity contribution in [1.82, 2.24) is 4.90 Å². The summed E-state index contributed by atoms with van der Waals surface area (Å²) in [7, 11) is 1.84. The van der Waals surface area contributed by atoms with E-state index in [4.69, 9.17) is 5.11 Å². The summed E-state index contributed by atoms with van der Waals surface area (Å²) in [5, 5.41) is 8.77. The monoisotopic (exact) mass is 262 g/mol. The van der Waals surface area contributed by atoms with Gasteiger partial charge < -0.3 is 10.0 Å². The predicted octanol–water partition coefficient (Wildman–Crippen LogP) is 2.19. The Labute approximate surface area is 114 Å². The Balaban J connectivity index is 2.00. The largest absolute Gasteiger partial charge is 0.480 e. The van der Waals surface area contributed by atoms with Crippen molar-refractivity contribution in [1.29, 1.82) is 0 Å². The summed E-state index contributed by atoms with van der Waals surface area (Å²) >= 11 is 0. The van der Waals surface area contributed by atoms with E-state index in [2.05, 4.69) is 29.2 Å². The van der Waals surface area contributed by atoms with Crippen LogP contribution in [0.4, 0.5) is 5.69 Å². The molecule has 0 bridgehead atoms. The number of nitrogens with zero attached hydrogens (tertiary/aromatic N) is 2. The number of likely N-dealkylation sites (N-methyl/N-ethyl adjacent to an activating group) is 1. The first-order chi connectivity index (χ1) is 9.15. The van der Waals surface area contributed by atoms with Gasteiger partial charge in [0, 0.05) is 25.3 Å². The molecule has 0 aromatic heterocycles. The molecule has 1 aliphatic heterocycles. The Morgan fingerprint density at radius 3 is 2.74 bits per heavy atom. The SMILES string of the molecule is CN(CC(=O)O)Cc1cccc(N2CCCCC2)c1. The lowest BCUT2D eigenvalue weighted by atomic mass is 10.1. The van der Waals surface area contributed by atoms with Crippen molar-refractivity contribution < 1.29 is 9.90 Å². The van der Waals surface area contributed by atoms with Gasteiger partial charge in [0.05, 0.1) is 6.54 Å². The molecule has 1 aromatic carbocycles. The number of anilines is 1. The molecule has 1 fully saturated rings. The molecule has 19 heavy (non-hydrogen) atoms. The minimum Gasteiger partial charge on any atom is -0.480 e. The van der Waals surface area contributed by atoms with Crippen molar-refractivity contribution in [3.8, 4) is 0 Å². The van der Waals surface area contributed by atoms with Gasteiger partial charge in [0.1, 0.15) is 0 Å². The maximum Gasteiger partial charge on any atom is 0.317 e. The number of carboxylic acids is 1. The number of piperidine rings is 1. The van der Waals surface area contributed by atoms with E-state index < -0.39 is 5.97 Å². The summed E-state index contributed by atoms with van der Waals surface area (Å²) in [4.78, 5) is 14.9. The highest BCUT2D eigenvalue weighted by atomic mass is 16.4. The highest BCUT2D eigenvalue weighted by molar-refractivity contribution is 5.69. The molecule has 0 atom stereocenters. The van der Waals surface area contributed by atoms with Crippen LogP contribution in [0.3, 0.4) is 0 Å². The van der Waals surface area contributed by atoms with Crippen molar-refractivity contribution in [3.05, 3.63) is 29.8 Å². The van der Waals surface area contributed by atoms with E-state index in [0.717, 1.165) is 13.1 Å². The summed E-state index contributed by atoms with van der Waals surface area (Å²) < 4.78 is 0. The molecule has 0 aliphatic carbocycles. The summed E-state index contributed by atoms with van der Waals surface area (Å²) in [6.07, 6.45) is 3.86. The van der Waals surface area contributed by atoms with Gasteiger partial charge in [-0.25, -0.2) is 0 Å². The zero-order valence-electron chi connectivity index (χ0n) is 11.5. The van der Waals surface area contributed by atoms with Crippen molar-refractivity contribution in [2.75, 3.05) is 31.6 Å². The van der Waals surface area contributed by atoms with Crippen LogP contribution in [0.1, 0.15) is 24.8 Å². The molecule has 0 radical (unpaired) electrons. The summed E-state index contributed by atoms with van der Waals surface area (Å²) in [5.41, 5.74) is 2.44. The number of carbonyl (C=O) groups is 1. The van der Waals surface area contributed by atoms with Gasteiger partial charge in [-0.2, -0.15) is 0 Å². The topological polar surface area (TPSA) is 43.8 Å². The first kappa shape index (κ1) is 13.9. The van der Waals surface area contributed by atoms with Gasteiger partial charge in [-0.15, -0.1) is 0 Å². The highest BCUT2D eigenvalue weighted by Gasteiger charge is 2.11. The van der Waals surface area contributed by atoms with Gasteiger partial charge in [-0.1, -0.05) is 12.1 Å². The predicted molar refractivity (Wildman–Crippen MR) is 76.5 cm³/mol. The van der Waals surface area contributed by atoms with Crippen molar-refractivity contribution in [3.63, 3.8) is 0 Å². The Hall–Kier alpha value is -1.55. The molecule has 2 rings (SSSR count). The quantitative estimate of drug-likeness (QED) is 0.883. The van der Waals surface area contributed by atoms with E-state index >= 15 is 0 Å². The number of hydrogen-bond acceptors (Lipinski definition) is 3. The number of hydrogen-bond donors (Lipinski definition) is 1. The molecule has 0 amide bonds. The minimum atomic E-state index is -0.783. The maximum absolute atomic E-state index is 10.7. The minimum absolute atomic E-state index is 0.0773. The molecule has 1 saturated heterocycles. The van der Waals surface area contributed by atoms with Crippen LogP contribution in [-0.4, -0.2) is 42.7 Å². The third-order valence-corrected chi connectivity index (χ3v) is 3.49. The maximum atomic E-state index is 10.7. The van der Waals surface area contributed by atoms with E-state index in [-0.39, 0.29) is 6.54 Å². The van der Waals surface area contributed by atoms with Crippen molar-refractivity contribution in [2.45, 2.75) is 25.8 Å². The second-order valence-corrected chi connectivity index (χ2v) is 5.28. The van der Waals surface area contributed by atoms with Crippen LogP contribution in [0.15, 0.2) is 24.3 Å². The third-order valence-electron chi connectivity index (χ3n) is 3.49. The zero-order chi connectivity index (χ0) is 13.7. The molecule has 4 heteroatoms. The first-order valence-electron chi connectivity index (χ1n) is 6.89. The van der Waals surface area contributed by atoms with Crippen LogP contribution in [0.25, 0.3) is 0 Å². The van der Waals surface area contributed by atoms with Gasteiger partial charge in [0.15, 0.2) is 0 Å². The molecular formula is C15H22N2O2. The lowest BCUT2D eigenvalue weighted by molar-refractivity contribution is -0.138. The Morgan fingerprint density at radius 2 is 2.05 bits per heavy atom. The molecule has 1 heterocycles. The van der Waals surface area contributed by atoms with Gasteiger partial charge in [0.2, 0.25) is 0 Å². The normalized spacial score (nSPS) is 15.8. The second kappa shape index (κ2) is 6.57. The third kappa shape index (κ3) is 4.24. The van der Waals surface area contributed by atoms with Crippen molar-refractivity contribution in [2.24, 2.45) is 0 Å². The van der Waals surface area contributed by atoms with Crippen molar-refractivity contribution >= 4 is 11.7 Å². The Morgan fingerprint density at radius 1 is 1.32 bits per heavy atom. The fourth-order valence-electron chi connectivity index (χ4n) is 2.60. The van der Waals surface area contributed by atoms with Crippen LogP contribution >= 0.6 is 0 Å². The summed E-state index contributed by atoms with van der Waals surface area (Å²) in [5.74, 6) is -0.783. The molecule has 4 nitrogen and oxygen atoms in total. The first-order valence-corrected chi connectivity index (χ1v) is 6.89. The fourth-order valence-corrected chi connectivity index (χ4v) is 2.60. The number of rotatable bonds is 5. The van der Waals surface area contributed by atoms with Crippen LogP contribution in [-0.2, 0) is 11.3 Å². The van der Waals surface area contributed by atoms with Gasteiger partial charge in [-0.3, -0.25) is 9.69 Å². The standard InChI is InChI=1S/C15H22N2O2/c1-16(12-15(18)19)11-13-6-5-7-14(10-13)17-8-3-2-4-9-17/h5-7,10H,2-4,8-9,11-12H2,1H3,(H,18,19). The van der Waals surface area contributed by atoms with E-state index in [1.54, 1.807) is 0 Å². The molecule has 0 unspecified atom stereocenters. The van der Waals surface area contributed by atoms with Crippen LogP contribution in [0.2, 0.25) is 0 Å². The van der Waals surface area contributed by atoms with E-state index in [0.29, 0.717) is 6.54 Å². The summed E-state index contributed by atoms with van der Waals surface area (Å²) in [6, 6.07) is 8.45. The lowest BCUT2D eigenvalue weighted by Crippen LogP contribution is -2.29. The van der Waals surface area contributed by atoms with Gasteiger partial charge in [-0.05, 0) is 44.0 Å². The fraction of sp³-hybridized carbons (Fsp3) is 0.533. The molecule has 104 valence electrons. The van der Waals surface area contributed by atoms with Crippen LogP contribution in [0.5, 0.6) is 0 Å².